The molecular weight excluding hydrogens is 1390 g/mol. The van der Waals surface area contributed by atoms with Crippen LogP contribution in [-0.4, -0.2) is 148 Å². The van der Waals surface area contributed by atoms with Gasteiger partial charge in [-0.25, -0.2) is 27.5 Å². The van der Waals surface area contributed by atoms with Gasteiger partial charge in [-0.3, -0.25) is 38.4 Å². The fourth-order valence-electron chi connectivity index (χ4n) is 15.6. The Kier molecular flexibility index (Phi) is 23.5. The number of sulfonamides is 1. The van der Waals surface area contributed by atoms with Gasteiger partial charge in [0, 0.05) is 60.1 Å². The summed E-state index contributed by atoms with van der Waals surface area (Å²) >= 11 is 13.1. The van der Waals surface area contributed by atoms with Crippen LogP contribution < -0.4 is 23.7 Å². The van der Waals surface area contributed by atoms with Crippen LogP contribution in [0.25, 0.3) is 21.5 Å². The van der Waals surface area contributed by atoms with Gasteiger partial charge in [0.1, 0.15) is 34.9 Å². The number of rotatable bonds is 14. The maximum atomic E-state index is 14.8. The molecule has 4 unspecified atom stereocenters. The number of carboxylic acids is 1. The van der Waals surface area contributed by atoms with Gasteiger partial charge in [0.25, 0.3) is 10.0 Å². The molecule has 4 aliphatic heterocycles. The van der Waals surface area contributed by atoms with E-state index in [2.05, 4.69) is 23.8 Å². The summed E-state index contributed by atoms with van der Waals surface area (Å²) < 4.78 is 77.6. The first-order valence-electron chi connectivity index (χ1n) is 35.9. The number of pyridine rings is 2. The first-order valence-corrected chi connectivity index (χ1v) is 38.1. The maximum absolute atomic E-state index is 14.8. The highest BCUT2D eigenvalue weighted by Crippen LogP contribution is 2.59. The Morgan fingerprint density at radius 3 is 1.45 bits per heavy atom. The van der Waals surface area contributed by atoms with Crippen molar-refractivity contribution in [1.82, 2.24) is 24.5 Å². The first-order chi connectivity index (χ1) is 48.4. The van der Waals surface area contributed by atoms with Crippen molar-refractivity contribution in [3.63, 3.8) is 0 Å². The molecule has 560 valence electrons. The molecule has 3 amide bonds. The summed E-state index contributed by atoms with van der Waals surface area (Å²) in [4.78, 5) is 123. The highest BCUT2D eigenvalue weighted by atomic mass is 35.5. The molecule has 2 aromatic heterocycles. The Labute approximate surface area is 612 Å². The summed E-state index contributed by atoms with van der Waals surface area (Å²) in [6, 6.07) is 8.56. The first kappa shape index (κ1) is 78.2. The van der Waals surface area contributed by atoms with Gasteiger partial charge >= 0.3 is 17.9 Å². The summed E-state index contributed by atoms with van der Waals surface area (Å²) in [5.41, 5.74) is -4.15. The fraction of sp³-hybridized carbons (Fsp3) is 0.610. The lowest BCUT2D eigenvalue weighted by molar-refractivity contribution is -0.160. The van der Waals surface area contributed by atoms with E-state index in [4.69, 9.17) is 51.6 Å². The number of fused-ring (bicyclic) bond motifs is 6. The predicted octanol–water partition coefficient (Wildman–Crippen LogP) is 13.1. The molecule has 0 bridgehead atoms. The number of alkyl halides is 1. The molecular formula is C77H98Cl2FN5O17S. The van der Waals surface area contributed by atoms with Gasteiger partial charge in [0.15, 0.2) is 11.6 Å². The molecule has 0 radical (unpaired) electrons. The minimum absolute atomic E-state index is 0.0284. The Morgan fingerprint density at radius 2 is 1.05 bits per heavy atom. The second kappa shape index (κ2) is 30.9. The molecule has 7 aliphatic rings. The quantitative estimate of drug-likeness (QED) is 0.0876. The molecule has 103 heavy (non-hydrogen) atoms. The number of ether oxygens (including phenoxy) is 6. The van der Waals surface area contributed by atoms with E-state index in [0.29, 0.717) is 68.8 Å². The Morgan fingerprint density at radius 1 is 0.641 bits per heavy atom. The van der Waals surface area contributed by atoms with E-state index in [-0.39, 0.29) is 124 Å². The largest absolute Gasteiger partial charge is 0.494 e. The summed E-state index contributed by atoms with van der Waals surface area (Å²) in [5, 5.41) is 11.0. The van der Waals surface area contributed by atoms with Crippen molar-refractivity contribution in [2.24, 2.45) is 58.2 Å². The number of ketones is 2. The van der Waals surface area contributed by atoms with Crippen molar-refractivity contribution in [3.05, 3.63) is 83.1 Å². The van der Waals surface area contributed by atoms with Gasteiger partial charge in [-0.1, -0.05) is 87.3 Å². The van der Waals surface area contributed by atoms with Gasteiger partial charge in [0.05, 0.1) is 97.3 Å². The number of aliphatic carboxylic acids is 1. The smallest absolute Gasteiger partial charge is 0.310 e. The molecule has 6 heterocycles. The normalized spacial score (nSPS) is 30.4. The van der Waals surface area contributed by atoms with Crippen molar-refractivity contribution < 1.29 is 84.7 Å². The average molecular weight is 1490 g/mol. The Balaban J connectivity index is 0.000000224. The Bertz CT molecular complexity index is 4120. The van der Waals surface area contributed by atoms with Crippen molar-refractivity contribution in [2.45, 2.75) is 212 Å². The number of carboxylic acid groups (broad SMARTS) is 1. The van der Waals surface area contributed by atoms with Crippen LogP contribution >= 0.6 is 23.2 Å². The van der Waals surface area contributed by atoms with Crippen LogP contribution in [-0.2, 0) is 57.9 Å². The molecule has 2 saturated heterocycles. The lowest BCUT2D eigenvalue weighted by Gasteiger charge is -2.32. The van der Waals surface area contributed by atoms with E-state index in [9.17, 15) is 56.3 Å². The van der Waals surface area contributed by atoms with Crippen LogP contribution in [0.4, 0.5) is 4.39 Å². The van der Waals surface area contributed by atoms with E-state index in [1.807, 2.05) is 48.9 Å². The van der Waals surface area contributed by atoms with Gasteiger partial charge in [-0.15, -0.1) is 0 Å². The molecule has 11 rings (SSSR count). The number of methoxy groups -OCH3 is 2. The second-order valence-electron chi connectivity index (χ2n) is 31.8. The van der Waals surface area contributed by atoms with Crippen molar-refractivity contribution >= 4 is 102 Å². The van der Waals surface area contributed by atoms with Gasteiger partial charge in [-0.05, 0) is 153 Å². The number of nitrogens with one attached hydrogen (secondary N) is 1. The van der Waals surface area contributed by atoms with Crippen LogP contribution in [0.1, 0.15) is 172 Å². The molecule has 26 heteroatoms. The summed E-state index contributed by atoms with van der Waals surface area (Å²) in [7, 11) is -1.60. The topological polar surface area (TPSA) is 291 Å². The van der Waals surface area contributed by atoms with Gasteiger partial charge in [0.2, 0.25) is 34.5 Å². The zero-order chi connectivity index (χ0) is 75.1. The van der Waals surface area contributed by atoms with Crippen LogP contribution in [0.2, 0.25) is 10.0 Å². The monoisotopic (exact) mass is 1490 g/mol. The molecule has 3 saturated carbocycles. The molecule has 14 atom stereocenters. The number of benzene rings is 2. The minimum atomic E-state index is -4.63. The molecule has 4 aromatic rings. The molecule has 22 nitrogen and oxygen atoms in total. The predicted molar refractivity (Wildman–Crippen MR) is 384 cm³/mol. The number of hydrogen-bond acceptors (Lipinski definition) is 18. The van der Waals surface area contributed by atoms with Crippen LogP contribution in [0.3, 0.4) is 0 Å². The molecule has 0 spiro atoms. The van der Waals surface area contributed by atoms with E-state index in [1.54, 1.807) is 71.9 Å². The number of allylic oxidation sites excluding steroid dienone is 4. The summed E-state index contributed by atoms with van der Waals surface area (Å²) in [6.07, 6.45) is 13.2. The van der Waals surface area contributed by atoms with E-state index >= 15 is 0 Å². The minimum Gasteiger partial charge on any atom is -0.494 e. The van der Waals surface area contributed by atoms with Crippen LogP contribution in [0.15, 0.2) is 73.1 Å². The summed E-state index contributed by atoms with van der Waals surface area (Å²) in [5.74, 6) is -5.38. The van der Waals surface area contributed by atoms with Crippen molar-refractivity contribution in [2.75, 3.05) is 27.3 Å². The van der Waals surface area contributed by atoms with Crippen LogP contribution in [0, 0.1) is 58.2 Å². The molecule has 2 N–H and O–H groups in total. The molecule has 3 aliphatic carbocycles. The third-order valence-corrected chi connectivity index (χ3v) is 23.9. The van der Waals surface area contributed by atoms with E-state index in [0.717, 1.165) is 19.3 Å². The lowest BCUT2D eigenvalue weighted by Crippen LogP contribution is -2.48. The number of amides is 3. The zero-order valence-electron chi connectivity index (χ0n) is 60.9. The van der Waals surface area contributed by atoms with E-state index in [1.165, 1.54) is 36.4 Å². The number of hydrogen-bond donors (Lipinski definition) is 2. The highest BCUT2D eigenvalue weighted by molar-refractivity contribution is 7.91. The lowest BCUT2D eigenvalue weighted by atomic mass is 9.82. The second-order valence-corrected chi connectivity index (χ2v) is 34.6. The third kappa shape index (κ3) is 17.8. The molecule has 2 aromatic carbocycles. The zero-order valence-corrected chi connectivity index (χ0v) is 63.2. The standard InChI is InChI=1S/C40H51ClFN3O9S.C37H47ClN2O8/c1-23-10-7-8-11-25-19-39(25,37(49)44-55(50,51)40(42)14-15-40)20-31(46)30-17-26(53-35-27-12-9-13-29(41)34(27)32(52-6)21-43-35)22-45(30)36(48)28(24(2)16-23)18-33(47)54-38(3,4)5;1-21-10-7-8-11-23-17-37(23,35(44)45)18-29(41)28-15-24(47-33-25-12-9-13-27(38)32(25)30(46-6)19-39-33)20-40(28)34(43)26(22(2)14-21)16-31(42)48-36(3,4)5/h8-9,11-13,21,23-26,28,30H,7,10,14-20,22H2,1-6H3,(H,44,49);8-9,11-13,19,21-24,26,28H,7,10,14-18,20H2,1-6H3,(H,44,45)/b2*11-8-/t23?,24-,25-,26-,28?,30+,39-;21?,22-,23-,24-,26?,28+,37-/m11/s1. The number of esters is 2. The molecule has 5 fully saturated rings. The summed E-state index contributed by atoms with van der Waals surface area (Å²) in [6.45, 7) is 18.8. The number of carbonyl (C=O) groups is 8. The maximum Gasteiger partial charge on any atom is 0.310 e. The SMILES string of the molecule is COc1cnc(O[C@@H]2C[C@H]3C(=O)C[C@]4(C(=O)NS(=O)(=O)C5(F)CC5)C[C@H]4/C=C\CCC(C)C[C@@H](C)C(CC(=O)OC(C)(C)C)C(=O)N3C2)c2cccc(Cl)c12.COc1cnc(O[C@@H]2C[C@H]3C(=O)C[C@]4(C(=O)O)C[C@H]4/C=C\CCC(C)C[C@@H](C)C(CC(=O)OC(C)(C)C)C(=O)N3C2)c2cccc(Cl)c12. The van der Waals surface area contributed by atoms with E-state index < -0.39 is 115 Å². The van der Waals surface area contributed by atoms with Crippen LogP contribution in [0.5, 0.6) is 23.3 Å². The van der Waals surface area contributed by atoms with Gasteiger partial charge < -0.3 is 43.3 Å². The number of aromatic nitrogens is 2. The fourth-order valence-corrected chi connectivity index (χ4v) is 17.4. The average Bonchev–Trinajstić information content (AvgIpc) is 1.60. The number of Topliss-reactive ketones (excluding diaryl/α,β-unsaturated/α-hetero) is 2. The number of carbonyl (C=O) groups excluding carboxylic acids is 7. The van der Waals surface area contributed by atoms with Crippen molar-refractivity contribution in [1.29, 1.82) is 0 Å². The highest BCUT2D eigenvalue weighted by Gasteiger charge is 2.65. The third-order valence-electron chi connectivity index (χ3n) is 21.4. The van der Waals surface area contributed by atoms with Crippen molar-refractivity contribution in [3.8, 4) is 23.3 Å². The number of nitrogens with zero attached hydrogens (tertiary/aromatic N) is 4. The van der Waals surface area contributed by atoms with Gasteiger partial charge in [-0.2, -0.15) is 0 Å². The Hall–Kier alpha value is -7.44. The number of halogens is 3.